The molecule has 0 spiro atoms. The van der Waals surface area contributed by atoms with Crippen molar-refractivity contribution in [1.29, 1.82) is 0 Å². The van der Waals surface area contributed by atoms with E-state index in [9.17, 15) is 5.11 Å². The first-order valence-corrected chi connectivity index (χ1v) is 8.98. The van der Waals surface area contributed by atoms with Gasteiger partial charge < -0.3 is 24.8 Å². The number of benzene rings is 1. The fourth-order valence-electron chi connectivity index (χ4n) is 3.22. The molecule has 0 aliphatic carbocycles. The molecule has 2 aliphatic heterocycles. The predicted molar refractivity (Wildman–Crippen MR) is 98.7 cm³/mol. The molecule has 26 heavy (non-hydrogen) atoms. The van der Waals surface area contributed by atoms with Crippen LogP contribution in [-0.4, -0.2) is 54.6 Å². The van der Waals surface area contributed by atoms with Gasteiger partial charge in [-0.2, -0.15) is 4.98 Å². The molecule has 2 fully saturated rings. The summed E-state index contributed by atoms with van der Waals surface area (Å²) in [6.45, 7) is 3.33. The van der Waals surface area contributed by atoms with Gasteiger partial charge in [0.15, 0.2) is 0 Å². The summed E-state index contributed by atoms with van der Waals surface area (Å²) >= 11 is 0. The van der Waals surface area contributed by atoms with Crippen molar-refractivity contribution in [2.45, 2.75) is 25.0 Å². The Morgan fingerprint density at radius 2 is 2.08 bits per heavy atom. The number of hydrogen-bond donors (Lipinski definition) is 2. The molecule has 4 rings (SSSR count). The molecule has 2 saturated heterocycles. The molecule has 7 heteroatoms. The highest BCUT2D eigenvalue weighted by Crippen LogP contribution is 2.28. The van der Waals surface area contributed by atoms with Crippen LogP contribution in [0.4, 0.5) is 11.8 Å². The van der Waals surface area contributed by atoms with Crippen LogP contribution in [-0.2, 0) is 11.3 Å². The van der Waals surface area contributed by atoms with Gasteiger partial charge in [-0.15, -0.1) is 0 Å². The van der Waals surface area contributed by atoms with Crippen molar-refractivity contribution in [1.82, 2.24) is 9.97 Å². The monoisotopic (exact) mass is 356 g/mol. The van der Waals surface area contributed by atoms with Crippen molar-refractivity contribution in [3.05, 3.63) is 41.6 Å². The molecular weight excluding hydrogens is 332 g/mol. The highest BCUT2D eigenvalue weighted by atomic mass is 16.5. The van der Waals surface area contributed by atoms with Crippen LogP contribution >= 0.6 is 0 Å². The van der Waals surface area contributed by atoms with Crippen molar-refractivity contribution >= 4 is 11.8 Å². The van der Waals surface area contributed by atoms with Gasteiger partial charge in [0.2, 0.25) is 5.95 Å². The summed E-state index contributed by atoms with van der Waals surface area (Å²) in [6.07, 6.45) is 0.699. The number of aromatic nitrogens is 2. The van der Waals surface area contributed by atoms with Crippen LogP contribution in [0.25, 0.3) is 0 Å². The molecule has 0 saturated carbocycles. The predicted octanol–water partition coefficient (Wildman–Crippen LogP) is 1.78. The molecule has 2 N–H and O–H groups in total. The van der Waals surface area contributed by atoms with E-state index in [1.54, 1.807) is 7.11 Å². The summed E-state index contributed by atoms with van der Waals surface area (Å²) in [6, 6.07) is 9.98. The fourth-order valence-corrected chi connectivity index (χ4v) is 3.22. The number of anilines is 2. The molecule has 1 unspecified atom stereocenters. The zero-order valence-corrected chi connectivity index (χ0v) is 14.9. The van der Waals surface area contributed by atoms with E-state index < -0.39 is 0 Å². The number of aliphatic hydroxyl groups excluding tert-OH is 1. The summed E-state index contributed by atoms with van der Waals surface area (Å²) < 4.78 is 10.7. The van der Waals surface area contributed by atoms with Gasteiger partial charge in [0.1, 0.15) is 11.6 Å². The second-order valence-electron chi connectivity index (χ2n) is 6.80. The summed E-state index contributed by atoms with van der Waals surface area (Å²) in [5, 5.41) is 13.0. The topological polar surface area (TPSA) is 79.7 Å². The number of methoxy groups -OCH3 is 1. The van der Waals surface area contributed by atoms with Crippen LogP contribution in [0.15, 0.2) is 30.3 Å². The lowest BCUT2D eigenvalue weighted by molar-refractivity contribution is 0.140. The van der Waals surface area contributed by atoms with E-state index in [-0.39, 0.29) is 6.10 Å². The van der Waals surface area contributed by atoms with Gasteiger partial charge >= 0.3 is 0 Å². The van der Waals surface area contributed by atoms with Crippen LogP contribution in [0.2, 0.25) is 0 Å². The smallest absolute Gasteiger partial charge is 0.227 e. The van der Waals surface area contributed by atoms with E-state index in [1.165, 1.54) is 0 Å². The molecule has 1 aromatic heterocycles. The maximum Gasteiger partial charge on any atom is 0.227 e. The molecule has 2 aromatic rings. The minimum atomic E-state index is -0.284. The maximum absolute atomic E-state index is 9.58. The Morgan fingerprint density at radius 1 is 1.27 bits per heavy atom. The lowest BCUT2D eigenvalue weighted by Gasteiger charge is -2.36. The Bertz CT molecular complexity index is 741. The number of nitrogens with one attached hydrogen (secondary N) is 1. The van der Waals surface area contributed by atoms with E-state index in [2.05, 4.69) is 10.3 Å². The van der Waals surface area contributed by atoms with Crippen LogP contribution in [0.3, 0.4) is 0 Å². The summed E-state index contributed by atoms with van der Waals surface area (Å²) in [7, 11) is 1.66. The van der Waals surface area contributed by atoms with Crippen molar-refractivity contribution in [3.8, 4) is 5.75 Å². The lowest BCUT2D eigenvalue weighted by atomic mass is 10.0. The molecule has 1 atom stereocenters. The molecule has 138 valence electrons. The Labute approximate surface area is 153 Å². The first-order chi connectivity index (χ1) is 12.7. The van der Waals surface area contributed by atoms with Crippen molar-refractivity contribution in [3.63, 3.8) is 0 Å². The summed E-state index contributed by atoms with van der Waals surface area (Å²) in [5.41, 5.74) is 2.15. The SMILES string of the molecule is COc1ccc(CNc2cc(C3CCOC3)nc(N3CC(O)C3)n2)cc1. The number of nitrogens with zero attached hydrogens (tertiary/aromatic N) is 3. The Hall–Kier alpha value is -2.38. The van der Waals surface area contributed by atoms with Gasteiger partial charge in [0.05, 0.1) is 25.5 Å². The van der Waals surface area contributed by atoms with E-state index in [4.69, 9.17) is 14.5 Å². The highest BCUT2D eigenvalue weighted by molar-refractivity contribution is 5.47. The second-order valence-corrected chi connectivity index (χ2v) is 6.80. The van der Waals surface area contributed by atoms with Crippen LogP contribution in [0.1, 0.15) is 23.6 Å². The standard InChI is InChI=1S/C19H24N4O3/c1-25-16-4-2-13(3-5-16)9-20-18-8-17(14-6-7-26-12-14)21-19(22-18)23-10-15(24)11-23/h2-5,8,14-15,24H,6-7,9-12H2,1H3,(H,20,21,22). The van der Waals surface area contributed by atoms with Crippen molar-refractivity contribution in [2.24, 2.45) is 0 Å². The maximum atomic E-state index is 9.58. The number of aliphatic hydroxyl groups is 1. The molecule has 2 aliphatic rings. The van der Waals surface area contributed by atoms with Gasteiger partial charge in [-0.1, -0.05) is 12.1 Å². The summed E-state index contributed by atoms with van der Waals surface area (Å²) in [4.78, 5) is 11.4. The van der Waals surface area contributed by atoms with Gasteiger partial charge in [-0.25, -0.2) is 4.98 Å². The minimum absolute atomic E-state index is 0.284. The Morgan fingerprint density at radius 3 is 2.73 bits per heavy atom. The van der Waals surface area contributed by atoms with Gasteiger partial charge in [0.25, 0.3) is 0 Å². The van der Waals surface area contributed by atoms with E-state index >= 15 is 0 Å². The van der Waals surface area contributed by atoms with Crippen LogP contribution < -0.4 is 15.0 Å². The quantitative estimate of drug-likeness (QED) is 0.817. The third-order valence-electron chi connectivity index (χ3n) is 4.86. The first kappa shape index (κ1) is 17.1. The van der Waals surface area contributed by atoms with Crippen LogP contribution in [0, 0.1) is 0 Å². The van der Waals surface area contributed by atoms with Crippen molar-refractivity contribution < 1.29 is 14.6 Å². The van der Waals surface area contributed by atoms with E-state index in [0.29, 0.717) is 38.1 Å². The summed E-state index contributed by atoms with van der Waals surface area (Å²) in [5.74, 6) is 2.63. The van der Waals surface area contributed by atoms with E-state index in [1.807, 2.05) is 35.2 Å². The number of ether oxygens (including phenoxy) is 2. The molecule has 7 nitrogen and oxygen atoms in total. The Kier molecular flexibility index (Phi) is 4.90. The number of rotatable bonds is 6. The highest BCUT2D eigenvalue weighted by Gasteiger charge is 2.28. The molecule has 1 aromatic carbocycles. The molecule has 0 bridgehead atoms. The number of β-amino-alcohol motifs (C(OH)–C–C–N with tert-alkyl or cyclic N) is 1. The fraction of sp³-hybridized carbons (Fsp3) is 0.474. The van der Waals surface area contributed by atoms with Gasteiger partial charge in [-0.05, 0) is 24.1 Å². The number of hydrogen-bond acceptors (Lipinski definition) is 7. The minimum Gasteiger partial charge on any atom is -0.497 e. The lowest BCUT2D eigenvalue weighted by Crippen LogP contribution is -2.51. The van der Waals surface area contributed by atoms with Crippen LogP contribution in [0.5, 0.6) is 5.75 Å². The average molecular weight is 356 g/mol. The van der Waals surface area contributed by atoms with Gasteiger partial charge in [0, 0.05) is 38.2 Å². The third kappa shape index (κ3) is 3.73. The average Bonchev–Trinajstić information content (AvgIpc) is 3.19. The largest absolute Gasteiger partial charge is 0.497 e. The molecule has 0 amide bonds. The van der Waals surface area contributed by atoms with E-state index in [0.717, 1.165) is 35.9 Å². The zero-order chi connectivity index (χ0) is 17.9. The van der Waals surface area contributed by atoms with Crippen molar-refractivity contribution in [2.75, 3.05) is 43.6 Å². The first-order valence-electron chi connectivity index (χ1n) is 8.98. The molecule has 3 heterocycles. The third-order valence-corrected chi connectivity index (χ3v) is 4.86. The Balaban J connectivity index is 1.51. The molecule has 0 radical (unpaired) electrons. The van der Waals surface area contributed by atoms with Gasteiger partial charge in [-0.3, -0.25) is 0 Å². The molecular formula is C19H24N4O3. The normalized spacial score (nSPS) is 20.1. The second kappa shape index (κ2) is 7.47. The zero-order valence-electron chi connectivity index (χ0n) is 14.9.